The van der Waals surface area contributed by atoms with Crippen LogP contribution in [-0.2, 0) is 13.5 Å². The zero-order valence-electron chi connectivity index (χ0n) is 10.7. The monoisotopic (exact) mass is 265 g/mol. The van der Waals surface area contributed by atoms with Crippen LogP contribution in [0.25, 0.3) is 0 Å². The van der Waals surface area contributed by atoms with Gasteiger partial charge in [0.1, 0.15) is 11.4 Å². The number of benzene rings is 1. The number of hydrogen-bond donors (Lipinski definition) is 1. The SMILES string of the molecule is CCc1nn(C)c(Oc2cc(C)ccc2Cl)c1N. The molecule has 0 saturated carbocycles. The molecule has 18 heavy (non-hydrogen) atoms. The second-order valence-corrected chi connectivity index (χ2v) is 4.59. The molecule has 2 rings (SSSR count). The van der Waals surface area contributed by atoms with E-state index in [1.54, 1.807) is 17.8 Å². The van der Waals surface area contributed by atoms with Crippen LogP contribution in [0.1, 0.15) is 18.2 Å². The molecular weight excluding hydrogens is 250 g/mol. The maximum atomic E-state index is 6.10. The zero-order valence-corrected chi connectivity index (χ0v) is 11.5. The minimum atomic E-state index is 0.527. The van der Waals surface area contributed by atoms with Crippen molar-refractivity contribution in [1.82, 2.24) is 9.78 Å². The summed E-state index contributed by atoms with van der Waals surface area (Å²) in [6.07, 6.45) is 0.768. The lowest BCUT2D eigenvalue weighted by Gasteiger charge is -2.09. The molecule has 0 fully saturated rings. The van der Waals surface area contributed by atoms with Crippen LogP contribution in [-0.4, -0.2) is 9.78 Å². The predicted octanol–water partition coefficient (Wildman–Crippen LogP) is 3.32. The Morgan fingerprint density at radius 3 is 2.78 bits per heavy atom. The van der Waals surface area contributed by atoms with Crippen LogP contribution in [0.2, 0.25) is 5.02 Å². The highest BCUT2D eigenvalue weighted by Gasteiger charge is 2.15. The molecule has 0 atom stereocenters. The number of nitrogens with zero attached hydrogens (tertiary/aromatic N) is 2. The maximum absolute atomic E-state index is 6.10. The van der Waals surface area contributed by atoms with Crippen molar-refractivity contribution in [1.29, 1.82) is 0 Å². The minimum absolute atomic E-state index is 0.527. The molecule has 1 aromatic heterocycles. The highest BCUT2D eigenvalue weighted by molar-refractivity contribution is 6.32. The van der Waals surface area contributed by atoms with Gasteiger partial charge in [-0.3, -0.25) is 0 Å². The molecule has 2 N–H and O–H groups in total. The molecule has 0 aliphatic carbocycles. The van der Waals surface area contributed by atoms with Crippen LogP contribution in [0.3, 0.4) is 0 Å². The number of hydrogen-bond acceptors (Lipinski definition) is 3. The molecule has 0 unspecified atom stereocenters. The molecule has 0 bridgehead atoms. The summed E-state index contributed by atoms with van der Waals surface area (Å²) >= 11 is 6.10. The fourth-order valence-corrected chi connectivity index (χ4v) is 1.91. The van der Waals surface area contributed by atoms with E-state index in [1.165, 1.54) is 0 Å². The highest BCUT2D eigenvalue weighted by atomic mass is 35.5. The second kappa shape index (κ2) is 4.90. The van der Waals surface area contributed by atoms with Gasteiger partial charge in [0.25, 0.3) is 0 Å². The molecule has 0 aliphatic heterocycles. The Labute approximate surface area is 111 Å². The van der Waals surface area contributed by atoms with Gasteiger partial charge in [0.2, 0.25) is 5.88 Å². The smallest absolute Gasteiger partial charge is 0.241 e. The van der Waals surface area contributed by atoms with Crippen molar-refractivity contribution in [2.45, 2.75) is 20.3 Å². The molecule has 2 aromatic rings. The maximum Gasteiger partial charge on any atom is 0.241 e. The summed E-state index contributed by atoms with van der Waals surface area (Å²) in [6.45, 7) is 3.98. The molecule has 0 spiro atoms. The van der Waals surface area contributed by atoms with Crippen LogP contribution in [0.15, 0.2) is 18.2 Å². The van der Waals surface area contributed by atoms with Crippen molar-refractivity contribution < 1.29 is 4.74 Å². The molecule has 0 aliphatic rings. The van der Waals surface area contributed by atoms with Crippen LogP contribution >= 0.6 is 11.6 Å². The first-order valence-corrected chi connectivity index (χ1v) is 6.16. The molecule has 0 radical (unpaired) electrons. The number of rotatable bonds is 3. The Morgan fingerprint density at radius 2 is 2.17 bits per heavy atom. The number of halogens is 1. The number of aryl methyl sites for hydroxylation is 3. The van der Waals surface area contributed by atoms with E-state index in [-0.39, 0.29) is 0 Å². The number of anilines is 1. The van der Waals surface area contributed by atoms with Gasteiger partial charge in [0, 0.05) is 7.05 Å². The summed E-state index contributed by atoms with van der Waals surface area (Å²) in [4.78, 5) is 0. The van der Waals surface area contributed by atoms with E-state index in [2.05, 4.69) is 5.10 Å². The third-order valence-electron chi connectivity index (χ3n) is 2.73. The van der Waals surface area contributed by atoms with Crippen molar-refractivity contribution in [3.8, 4) is 11.6 Å². The second-order valence-electron chi connectivity index (χ2n) is 4.18. The van der Waals surface area contributed by atoms with Crippen molar-refractivity contribution in [2.24, 2.45) is 7.05 Å². The fraction of sp³-hybridized carbons (Fsp3) is 0.308. The molecule has 1 heterocycles. The topological polar surface area (TPSA) is 53.1 Å². The zero-order chi connectivity index (χ0) is 13.3. The van der Waals surface area contributed by atoms with Gasteiger partial charge in [-0.1, -0.05) is 24.6 Å². The van der Waals surface area contributed by atoms with Gasteiger partial charge in [-0.15, -0.1) is 0 Å². The average molecular weight is 266 g/mol. The largest absolute Gasteiger partial charge is 0.436 e. The number of ether oxygens (including phenoxy) is 1. The van der Waals surface area contributed by atoms with Crippen molar-refractivity contribution in [3.05, 3.63) is 34.5 Å². The summed E-state index contributed by atoms with van der Waals surface area (Å²) in [5, 5.41) is 4.86. The summed E-state index contributed by atoms with van der Waals surface area (Å²) in [5.41, 5.74) is 8.47. The lowest BCUT2D eigenvalue weighted by molar-refractivity contribution is 0.432. The van der Waals surface area contributed by atoms with E-state index in [9.17, 15) is 0 Å². The number of aromatic nitrogens is 2. The van der Waals surface area contributed by atoms with E-state index < -0.39 is 0 Å². The van der Waals surface area contributed by atoms with Gasteiger partial charge in [0.15, 0.2) is 0 Å². The number of nitrogen functional groups attached to an aromatic ring is 1. The molecule has 0 amide bonds. The molecule has 4 nitrogen and oxygen atoms in total. The Kier molecular flexibility index (Phi) is 3.48. The standard InChI is InChI=1S/C13H16ClN3O/c1-4-10-12(15)13(17(3)16-10)18-11-7-8(2)5-6-9(11)14/h5-7H,4,15H2,1-3H3. The molecule has 96 valence electrons. The normalized spacial score (nSPS) is 10.7. The third-order valence-corrected chi connectivity index (χ3v) is 3.05. The Hall–Kier alpha value is -1.68. The van der Waals surface area contributed by atoms with E-state index >= 15 is 0 Å². The van der Waals surface area contributed by atoms with Crippen LogP contribution in [0.5, 0.6) is 11.6 Å². The van der Waals surface area contributed by atoms with Crippen molar-refractivity contribution in [3.63, 3.8) is 0 Å². The van der Waals surface area contributed by atoms with Crippen LogP contribution in [0.4, 0.5) is 5.69 Å². The van der Waals surface area contributed by atoms with Crippen molar-refractivity contribution >= 4 is 17.3 Å². The molecule has 0 saturated heterocycles. The summed E-state index contributed by atoms with van der Waals surface area (Å²) in [6, 6.07) is 5.61. The third kappa shape index (κ3) is 2.29. The highest BCUT2D eigenvalue weighted by Crippen LogP contribution is 2.34. The van der Waals surface area contributed by atoms with Gasteiger partial charge < -0.3 is 10.5 Å². The van der Waals surface area contributed by atoms with Gasteiger partial charge >= 0.3 is 0 Å². The summed E-state index contributed by atoms with van der Waals surface area (Å²) in [5.74, 6) is 1.12. The number of nitrogens with two attached hydrogens (primary N) is 1. The van der Waals surface area contributed by atoms with E-state index in [0.717, 1.165) is 17.7 Å². The van der Waals surface area contributed by atoms with Gasteiger partial charge in [-0.2, -0.15) is 5.10 Å². The Morgan fingerprint density at radius 1 is 1.44 bits per heavy atom. The van der Waals surface area contributed by atoms with Gasteiger partial charge in [-0.05, 0) is 31.0 Å². The minimum Gasteiger partial charge on any atom is -0.436 e. The Balaban J connectivity index is 2.39. The van der Waals surface area contributed by atoms with Gasteiger partial charge in [0.05, 0.1) is 10.7 Å². The van der Waals surface area contributed by atoms with E-state index in [4.69, 9.17) is 22.1 Å². The van der Waals surface area contributed by atoms with Crippen LogP contribution < -0.4 is 10.5 Å². The lowest BCUT2D eigenvalue weighted by Crippen LogP contribution is -1.97. The average Bonchev–Trinajstić information content (AvgIpc) is 2.61. The molecule has 1 aromatic carbocycles. The first-order chi connectivity index (χ1) is 8.52. The van der Waals surface area contributed by atoms with E-state index in [0.29, 0.717) is 22.3 Å². The lowest BCUT2D eigenvalue weighted by atomic mass is 10.2. The van der Waals surface area contributed by atoms with Gasteiger partial charge in [-0.25, -0.2) is 4.68 Å². The summed E-state index contributed by atoms with van der Waals surface area (Å²) < 4.78 is 7.41. The predicted molar refractivity (Wildman–Crippen MR) is 73.3 cm³/mol. The molecular formula is C13H16ClN3O. The summed E-state index contributed by atoms with van der Waals surface area (Å²) in [7, 11) is 1.80. The Bertz CT molecular complexity index is 578. The fourth-order valence-electron chi connectivity index (χ4n) is 1.75. The van der Waals surface area contributed by atoms with E-state index in [1.807, 2.05) is 26.0 Å². The first-order valence-electron chi connectivity index (χ1n) is 5.78. The molecule has 5 heteroatoms. The first kappa shape index (κ1) is 12.8. The van der Waals surface area contributed by atoms with Crippen LogP contribution in [0, 0.1) is 6.92 Å². The van der Waals surface area contributed by atoms with Crippen molar-refractivity contribution in [2.75, 3.05) is 5.73 Å². The quantitative estimate of drug-likeness (QED) is 0.926.